The van der Waals surface area contributed by atoms with Crippen LogP contribution in [0.15, 0.2) is 36.4 Å². The molecule has 2 nitrogen and oxygen atoms in total. The molecule has 1 N–H and O–H groups in total. The summed E-state index contributed by atoms with van der Waals surface area (Å²) < 4.78 is 5.83. The second-order valence-electron chi connectivity index (χ2n) is 5.41. The van der Waals surface area contributed by atoms with Crippen LogP contribution in [-0.4, -0.2) is 7.05 Å². The molecule has 0 radical (unpaired) electrons. The minimum absolute atomic E-state index is 0.274. The molecule has 0 fully saturated rings. The highest BCUT2D eigenvalue weighted by Gasteiger charge is 2.08. The average Bonchev–Trinajstić information content (AvgIpc) is 2.48. The summed E-state index contributed by atoms with van der Waals surface area (Å²) in [5, 5.41) is 3.85. The van der Waals surface area contributed by atoms with Crippen LogP contribution in [0.3, 0.4) is 0 Å². The highest BCUT2D eigenvalue weighted by molar-refractivity contribution is 6.32. The molecule has 21 heavy (non-hydrogen) atoms. The van der Waals surface area contributed by atoms with E-state index in [0.29, 0.717) is 11.6 Å². The van der Waals surface area contributed by atoms with Crippen LogP contribution in [0.2, 0.25) is 5.02 Å². The van der Waals surface area contributed by atoms with Crippen LogP contribution in [0.25, 0.3) is 0 Å². The van der Waals surface area contributed by atoms with Gasteiger partial charge in [-0.15, -0.1) is 0 Å². The van der Waals surface area contributed by atoms with Crippen LogP contribution in [0.5, 0.6) is 5.75 Å². The van der Waals surface area contributed by atoms with Crippen LogP contribution >= 0.6 is 11.6 Å². The zero-order chi connectivity index (χ0) is 15.4. The average molecular weight is 304 g/mol. The first-order chi connectivity index (χ1) is 10.0. The van der Waals surface area contributed by atoms with Crippen LogP contribution in [0.4, 0.5) is 0 Å². The molecule has 0 amide bonds. The summed E-state index contributed by atoms with van der Waals surface area (Å²) in [6, 6.07) is 12.6. The van der Waals surface area contributed by atoms with Crippen LogP contribution in [0.1, 0.15) is 35.2 Å². The van der Waals surface area contributed by atoms with Crippen molar-refractivity contribution in [3.8, 4) is 5.75 Å². The van der Waals surface area contributed by atoms with E-state index >= 15 is 0 Å². The lowest BCUT2D eigenvalue weighted by Gasteiger charge is -2.14. The van der Waals surface area contributed by atoms with Crippen molar-refractivity contribution in [2.75, 3.05) is 7.05 Å². The van der Waals surface area contributed by atoms with Gasteiger partial charge < -0.3 is 10.1 Å². The minimum Gasteiger partial charge on any atom is -0.487 e. The molecule has 0 aliphatic carbocycles. The number of rotatable bonds is 5. The van der Waals surface area contributed by atoms with Crippen molar-refractivity contribution in [3.05, 3.63) is 63.7 Å². The van der Waals surface area contributed by atoms with Crippen LogP contribution < -0.4 is 10.1 Å². The molecule has 0 aliphatic rings. The van der Waals surface area contributed by atoms with E-state index in [1.54, 1.807) is 0 Å². The van der Waals surface area contributed by atoms with E-state index in [2.05, 4.69) is 44.3 Å². The lowest BCUT2D eigenvalue weighted by Crippen LogP contribution is -2.12. The summed E-state index contributed by atoms with van der Waals surface area (Å²) in [5.74, 6) is 0.724. The molecular formula is C18H22ClNO. The van der Waals surface area contributed by atoms with Crippen molar-refractivity contribution >= 4 is 11.6 Å². The van der Waals surface area contributed by atoms with Gasteiger partial charge in [-0.05, 0) is 62.2 Å². The van der Waals surface area contributed by atoms with Gasteiger partial charge >= 0.3 is 0 Å². The molecule has 0 spiro atoms. The SMILES string of the molecule is CNC(C)c1ccc(OCc2ccc(C)c(C)c2)c(Cl)c1. The summed E-state index contributed by atoms with van der Waals surface area (Å²) in [5.41, 5.74) is 4.88. The van der Waals surface area contributed by atoms with E-state index in [0.717, 1.165) is 16.9 Å². The first kappa shape index (κ1) is 15.9. The third-order valence-electron chi connectivity index (χ3n) is 3.85. The Bertz CT molecular complexity index is 625. The van der Waals surface area contributed by atoms with E-state index in [1.165, 1.54) is 11.1 Å². The fourth-order valence-corrected chi connectivity index (χ4v) is 2.37. The van der Waals surface area contributed by atoms with Crippen molar-refractivity contribution in [3.63, 3.8) is 0 Å². The topological polar surface area (TPSA) is 21.3 Å². The van der Waals surface area contributed by atoms with E-state index < -0.39 is 0 Å². The predicted molar refractivity (Wildman–Crippen MR) is 89.2 cm³/mol. The van der Waals surface area contributed by atoms with Crippen molar-refractivity contribution in [1.29, 1.82) is 0 Å². The Labute approximate surface area is 132 Å². The summed E-state index contributed by atoms with van der Waals surface area (Å²) in [7, 11) is 1.93. The summed E-state index contributed by atoms with van der Waals surface area (Å²) >= 11 is 6.30. The van der Waals surface area contributed by atoms with E-state index in [9.17, 15) is 0 Å². The van der Waals surface area contributed by atoms with Gasteiger partial charge in [0, 0.05) is 6.04 Å². The van der Waals surface area contributed by atoms with Gasteiger partial charge in [-0.2, -0.15) is 0 Å². The predicted octanol–water partition coefficient (Wildman–Crippen LogP) is 4.82. The Balaban J connectivity index is 2.07. The molecule has 1 unspecified atom stereocenters. The fourth-order valence-electron chi connectivity index (χ4n) is 2.12. The maximum absolute atomic E-state index is 6.30. The third kappa shape index (κ3) is 3.99. The molecule has 0 aliphatic heterocycles. The Kier molecular flexibility index (Phi) is 5.27. The van der Waals surface area contributed by atoms with Crippen LogP contribution in [0, 0.1) is 13.8 Å². The summed E-state index contributed by atoms with van der Waals surface area (Å²) in [6.45, 7) is 6.85. The highest BCUT2D eigenvalue weighted by atomic mass is 35.5. The quantitative estimate of drug-likeness (QED) is 0.855. The number of benzene rings is 2. The van der Waals surface area contributed by atoms with Crippen molar-refractivity contribution in [2.24, 2.45) is 0 Å². The maximum Gasteiger partial charge on any atom is 0.138 e. The van der Waals surface area contributed by atoms with Gasteiger partial charge in [0.2, 0.25) is 0 Å². The Morgan fingerprint density at radius 1 is 1.10 bits per heavy atom. The van der Waals surface area contributed by atoms with Gasteiger partial charge in [0.15, 0.2) is 0 Å². The molecule has 2 aromatic rings. The number of halogens is 1. The number of hydrogen-bond donors (Lipinski definition) is 1. The van der Waals surface area contributed by atoms with E-state index in [-0.39, 0.29) is 6.04 Å². The van der Waals surface area contributed by atoms with Crippen molar-refractivity contribution in [2.45, 2.75) is 33.4 Å². The lowest BCUT2D eigenvalue weighted by molar-refractivity contribution is 0.306. The van der Waals surface area contributed by atoms with Crippen molar-refractivity contribution < 1.29 is 4.74 Å². The van der Waals surface area contributed by atoms with Crippen molar-refractivity contribution in [1.82, 2.24) is 5.32 Å². The smallest absolute Gasteiger partial charge is 0.138 e. The second-order valence-corrected chi connectivity index (χ2v) is 5.81. The molecule has 0 saturated heterocycles. The van der Waals surface area contributed by atoms with Gasteiger partial charge in [-0.25, -0.2) is 0 Å². The molecule has 112 valence electrons. The third-order valence-corrected chi connectivity index (χ3v) is 4.15. The molecule has 1 atom stereocenters. The first-order valence-corrected chi connectivity index (χ1v) is 7.54. The summed E-state index contributed by atoms with van der Waals surface area (Å²) in [6.07, 6.45) is 0. The first-order valence-electron chi connectivity index (χ1n) is 7.17. The van der Waals surface area contributed by atoms with Gasteiger partial charge in [-0.3, -0.25) is 0 Å². The zero-order valence-electron chi connectivity index (χ0n) is 13.0. The van der Waals surface area contributed by atoms with Gasteiger partial charge in [0.1, 0.15) is 12.4 Å². The van der Waals surface area contributed by atoms with Gasteiger partial charge in [0.05, 0.1) is 5.02 Å². The van der Waals surface area contributed by atoms with Gasteiger partial charge in [0.25, 0.3) is 0 Å². The maximum atomic E-state index is 6.30. The number of aryl methyl sites for hydroxylation is 2. The number of ether oxygens (including phenoxy) is 1. The number of nitrogens with one attached hydrogen (secondary N) is 1. The molecule has 0 bridgehead atoms. The van der Waals surface area contributed by atoms with E-state index in [4.69, 9.17) is 16.3 Å². The van der Waals surface area contributed by atoms with Crippen LogP contribution in [-0.2, 0) is 6.61 Å². The monoisotopic (exact) mass is 303 g/mol. The molecule has 2 aromatic carbocycles. The minimum atomic E-state index is 0.274. The van der Waals surface area contributed by atoms with Gasteiger partial charge in [-0.1, -0.05) is 35.9 Å². The Morgan fingerprint density at radius 2 is 1.86 bits per heavy atom. The summed E-state index contributed by atoms with van der Waals surface area (Å²) in [4.78, 5) is 0. The Morgan fingerprint density at radius 3 is 2.48 bits per heavy atom. The standard InChI is InChI=1S/C18H22ClNO/c1-12-5-6-15(9-13(12)2)11-21-18-8-7-16(10-17(18)19)14(3)20-4/h5-10,14,20H,11H2,1-4H3. The normalized spacial score (nSPS) is 12.2. The molecule has 0 aromatic heterocycles. The molecule has 3 heteroatoms. The lowest BCUT2D eigenvalue weighted by atomic mass is 10.1. The fraction of sp³-hybridized carbons (Fsp3) is 0.333. The molecular weight excluding hydrogens is 282 g/mol. The molecule has 2 rings (SSSR count). The molecule has 0 saturated carbocycles. The highest BCUT2D eigenvalue weighted by Crippen LogP contribution is 2.28. The van der Waals surface area contributed by atoms with E-state index in [1.807, 2.05) is 25.2 Å². The largest absolute Gasteiger partial charge is 0.487 e. The number of hydrogen-bond acceptors (Lipinski definition) is 2. The molecule has 0 heterocycles. The zero-order valence-corrected chi connectivity index (χ0v) is 13.8. The Hall–Kier alpha value is -1.51. The second kappa shape index (κ2) is 6.97.